The summed E-state index contributed by atoms with van der Waals surface area (Å²) in [6, 6.07) is 3.61. The number of nitrogens with one attached hydrogen (secondary N) is 1. The van der Waals surface area contributed by atoms with Crippen molar-refractivity contribution < 1.29 is 9.21 Å². The van der Waals surface area contributed by atoms with Gasteiger partial charge in [0.15, 0.2) is 5.76 Å². The van der Waals surface area contributed by atoms with Gasteiger partial charge in [-0.15, -0.1) is 0 Å². The summed E-state index contributed by atoms with van der Waals surface area (Å²) >= 11 is 0. The molecule has 2 rings (SSSR count). The molecule has 0 bridgehead atoms. The third kappa shape index (κ3) is 3.17. The van der Waals surface area contributed by atoms with Gasteiger partial charge in [-0.25, -0.2) is 0 Å². The van der Waals surface area contributed by atoms with Gasteiger partial charge in [0.25, 0.3) is 0 Å². The van der Waals surface area contributed by atoms with E-state index in [0.717, 1.165) is 38.5 Å². The molecule has 1 N–H and O–H groups in total. The van der Waals surface area contributed by atoms with Gasteiger partial charge in [-0.05, 0) is 19.1 Å². The molecule has 4 nitrogen and oxygen atoms in total. The Hall–Kier alpha value is -1.13. The first-order chi connectivity index (χ1) is 8.16. The molecule has 0 amide bonds. The summed E-state index contributed by atoms with van der Waals surface area (Å²) < 4.78 is 5.38. The van der Waals surface area contributed by atoms with E-state index in [0.29, 0.717) is 5.76 Å². The Kier molecular flexibility index (Phi) is 3.97. The molecule has 1 aliphatic heterocycles. The predicted octanol–water partition coefficient (Wildman–Crippen LogP) is 1.31. The lowest BCUT2D eigenvalue weighted by atomic mass is 10.0. The zero-order chi connectivity index (χ0) is 12.3. The van der Waals surface area contributed by atoms with E-state index in [-0.39, 0.29) is 11.7 Å². The molecule has 0 saturated carbocycles. The molecule has 2 heterocycles. The van der Waals surface area contributed by atoms with Crippen LogP contribution in [0.4, 0.5) is 0 Å². The molecule has 0 aliphatic carbocycles. The Bertz CT molecular complexity index is 381. The summed E-state index contributed by atoms with van der Waals surface area (Å²) in [6.45, 7) is 8.73. The van der Waals surface area contributed by atoms with Crippen LogP contribution in [0.2, 0.25) is 0 Å². The van der Waals surface area contributed by atoms with Gasteiger partial charge in [-0.1, -0.05) is 6.92 Å². The van der Waals surface area contributed by atoms with E-state index >= 15 is 0 Å². The van der Waals surface area contributed by atoms with Crippen molar-refractivity contribution in [2.24, 2.45) is 5.92 Å². The van der Waals surface area contributed by atoms with Crippen LogP contribution in [0, 0.1) is 12.8 Å². The number of nitrogens with zero attached hydrogens (tertiary/aromatic N) is 1. The maximum atomic E-state index is 12.1. The van der Waals surface area contributed by atoms with Crippen LogP contribution in [0.1, 0.15) is 23.2 Å². The molecule has 94 valence electrons. The molecular formula is C13H20N2O2. The minimum absolute atomic E-state index is 0.00125. The number of hydrogen-bond acceptors (Lipinski definition) is 4. The van der Waals surface area contributed by atoms with Crippen LogP contribution >= 0.6 is 0 Å². The van der Waals surface area contributed by atoms with Gasteiger partial charge in [0, 0.05) is 38.6 Å². The van der Waals surface area contributed by atoms with Crippen molar-refractivity contribution in [1.29, 1.82) is 0 Å². The predicted molar refractivity (Wildman–Crippen MR) is 66.2 cm³/mol. The van der Waals surface area contributed by atoms with Crippen LogP contribution in [-0.4, -0.2) is 43.4 Å². The lowest BCUT2D eigenvalue weighted by molar-refractivity contribution is 0.0858. The Morgan fingerprint density at radius 3 is 2.76 bits per heavy atom. The Labute approximate surface area is 102 Å². The highest BCUT2D eigenvalue weighted by Gasteiger charge is 2.21. The second kappa shape index (κ2) is 5.47. The topological polar surface area (TPSA) is 45.5 Å². The van der Waals surface area contributed by atoms with Crippen LogP contribution in [-0.2, 0) is 0 Å². The van der Waals surface area contributed by atoms with Crippen LogP contribution in [0.25, 0.3) is 0 Å². The number of carbonyl (C=O) groups excluding carboxylic acids is 1. The van der Waals surface area contributed by atoms with Crippen LogP contribution in [0.15, 0.2) is 16.5 Å². The molecule has 1 fully saturated rings. The number of furan rings is 1. The molecule has 1 saturated heterocycles. The van der Waals surface area contributed by atoms with Crippen molar-refractivity contribution in [1.82, 2.24) is 10.2 Å². The minimum atomic E-state index is -0.00125. The fourth-order valence-electron chi connectivity index (χ4n) is 2.17. The second-order valence-corrected chi connectivity index (χ2v) is 4.73. The van der Waals surface area contributed by atoms with Crippen molar-refractivity contribution in [2.45, 2.75) is 13.8 Å². The first-order valence-electron chi connectivity index (χ1n) is 6.20. The zero-order valence-corrected chi connectivity index (χ0v) is 10.5. The van der Waals surface area contributed by atoms with Crippen LogP contribution < -0.4 is 5.32 Å². The molecule has 4 heteroatoms. The van der Waals surface area contributed by atoms with Crippen molar-refractivity contribution in [3.05, 3.63) is 23.7 Å². The highest BCUT2D eigenvalue weighted by Crippen LogP contribution is 2.13. The number of ketones is 1. The number of hydrogen-bond donors (Lipinski definition) is 1. The summed E-state index contributed by atoms with van der Waals surface area (Å²) in [5.41, 5.74) is 0. The van der Waals surface area contributed by atoms with Gasteiger partial charge in [-0.2, -0.15) is 0 Å². The largest absolute Gasteiger partial charge is 0.458 e. The summed E-state index contributed by atoms with van der Waals surface area (Å²) in [4.78, 5) is 14.4. The summed E-state index contributed by atoms with van der Waals surface area (Å²) in [5, 5.41) is 3.31. The third-order valence-corrected chi connectivity index (χ3v) is 3.17. The normalized spacial score (nSPS) is 19.2. The highest BCUT2D eigenvalue weighted by molar-refractivity contribution is 5.95. The Balaban J connectivity index is 1.90. The minimum Gasteiger partial charge on any atom is -0.458 e. The zero-order valence-electron chi connectivity index (χ0n) is 10.5. The smallest absolute Gasteiger partial charge is 0.202 e. The molecule has 1 aromatic rings. The Morgan fingerprint density at radius 1 is 1.47 bits per heavy atom. The average molecular weight is 236 g/mol. The maximum absolute atomic E-state index is 12.1. The van der Waals surface area contributed by atoms with Gasteiger partial charge in [0.1, 0.15) is 5.76 Å². The van der Waals surface area contributed by atoms with E-state index in [4.69, 9.17) is 4.42 Å². The van der Waals surface area contributed by atoms with Gasteiger partial charge in [0.05, 0.1) is 0 Å². The molecule has 1 aromatic heterocycles. The number of aryl methyl sites for hydroxylation is 1. The fraction of sp³-hybridized carbons (Fsp3) is 0.615. The second-order valence-electron chi connectivity index (χ2n) is 4.73. The monoisotopic (exact) mass is 236 g/mol. The average Bonchev–Trinajstić information content (AvgIpc) is 2.76. The van der Waals surface area contributed by atoms with Gasteiger partial charge in [0.2, 0.25) is 5.78 Å². The van der Waals surface area contributed by atoms with Gasteiger partial charge < -0.3 is 14.6 Å². The number of Topliss-reactive ketones (excluding diaryl/α,β-unsaturated/α-hetero) is 1. The summed E-state index contributed by atoms with van der Waals surface area (Å²) in [6.07, 6.45) is 0. The summed E-state index contributed by atoms with van der Waals surface area (Å²) in [7, 11) is 0. The van der Waals surface area contributed by atoms with E-state index in [1.54, 1.807) is 6.07 Å². The molecule has 0 spiro atoms. The first kappa shape index (κ1) is 12.3. The lowest BCUT2D eigenvalue weighted by Crippen LogP contribution is -2.45. The van der Waals surface area contributed by atoms with Crippen molar-refractivity contribution in [2.75, 3.05) is 32.7 Å². The first-order valence-corrected chi connectivity index (χ1v) is 6.20. The van der Waals surface area contributed by atoms with E-state index in [2.05, 4.69) is 10.2 Å². The summed E-state index contributed by atoms with van der Waals surface area (Å²) in [5.74, 6) is 1.39. The van der Waals surface area contributed by atoms with Gasteiger partial charge >= 0.3 is 0 Å². The van der Waals surface area contributed by atoms with Crippen LogP contribution in [0.3, 0.4) is 0 Å². The lowest BCUT2D eigenvalue weighted by Gasteiger charge is -2.28. The van der Waals surface area contributed by atoms with Crippen molar-refractivity contribution in [3.8, 4) is 0 Å². The maximum Gasteiger partial charge on any atom is 0.202 e. The van der Waals surface area contributed by atoms with E-state index in [9.17, 15) is 4.79 Å². The van der Waals surface area contributed by atoms with Crippen LogP contribution in [0.5, 0.6) is 0 Å². The van der Waals surface area contributed by atoms with Crippen molar-refractivity contribution >= 4 is 5.78 Å². The van der Waals surface area contributed by atoms with Crippen molar-refractivity contribution in [3.63, 3.8) is 0 Å². The Morgan fingerprint density at radius 2 is 2.18 bits per heavy atom. The SMILES string of the molecule is Cc1ccc(C(=O)C(C)CN2CCNCC2)o1. The standard InChI is InChI=1S/C13H20N2O2/c1-10(9-15-7-5-14-6-8-15)13(16)12-4-3-11(2)17-12/h3-4,10,14H,5-9H2,1-2H3. The van der Waals surface area contributed by atoms with E-state index < -0.39 is 0 Å². The molecule has 17 heavy (non-hydrogen) atoms. The molecule has 1 aliphatic rings. The number of carbonyl (C=O) groups is 1. The molecule has 0 aromatic carbocycles. The molecule has 1 atom stereocenters. The van der Waals surface area contributed by atoms with E-state index in [1.165, 1.54) is 0 Å². The molecule has 0 radical (unpaired) electrons. The van der Waals surface area contributed by atoms with E-state index in [1.807, 2.05) is 19.9 Å². The number of piperazine rings is 1. The van der Waals surface area contributed by atoms with Gasteiger partial charge in [-0.3, -0.25) is 4.79 Å². The number of rotatable bonds is 4. The highest BCUT2D eigenvalue weighted by atomic mass is 16.3. The molecule has 1 unspecified atom stereocenters. The quantitative estimate of drug-likeness (QED) is 0.801. The molecular weight excluding hydrogens is 216 g/mol. The fourth-order valence-corrected chi connectivity index (χ4v) is 2.17. The third-order valence-electron chi connectivity index (χ3n) is 3.17.